The van der Waals surface area contributed by atoms with Crippen molar-refractivity contribution in [2.45, 2.75) is 44.4 Å². The zero-order valence-electron chi connectivity index (χ0n) is 18.4. The van der Waals surface area contributed by atoms with E-state index in [1.54, 1.807) is 23.7 Å². The zero-order valence-corrected chi connectivity index (χ0v) is 20.8. The van der Waals surface area contributed by atoms with Crippen molar-refractivity contribution in [1.29, 1.82) is 0 Å². The molecule has 1 unspecified atom stereocenters. The van der Waals surface area contributed by atoms with Crippen LogP contribution in [0, 0.1) is 20.8 Å². The minimum absolute atomic E-state index is 0.0578. The number of nitrogens with one attached hydrogen (secondary N) is 1. The van der Waals surface area contributed by atoms with Gasteiger partial charge in [-0.2, -0.15) is 0 Å². The Hall–Kier alpha value is -2.41. The van der Waals surface area contributed by atoms with Crippen molar-refractivity contribution in [3.8, 4) is 11.1 Å². The second-order valence-electron chi connectivity index (χ2n) is 7.77. The summed E-state index contributed by atoms with van der Waals surface area (Å²) in [7, 11) is 0. The lowest BCUT2D eigenvalue weighted by Gasteiger charge is -2.16. The van der Waals surface area contributed by atoms with E-state index in [0.29, 0.717) is 11.4 Å². The molecule has 164 valence electrons. The number of benzene rings is 2. The maximum atomic E-state index is 13.1. The molecule has 0 spiro atoms. The predicted molar refractivity (Wildman–Crippen MR) is 137 cm³/mol. The van der Waals surface area contributed by atoms with E-state index in [9.17, 15) is 4.79 Å². The second kappa shape index (κ2) is 9.61. The molecule has 1 atom stereocenters. The van der Waals surface area contributed by atoms with Crippen LogP contribution in [0.15, 0.2) is 53.1 Å². The highest BCUT2D eigenvalue weighted by atomic mass is 35.5. The fraction of sp³-hybridized carbons (Fsp3) is 0.240. The molecule has 0 aliphatic heterocycles. The van der Waals surface area contributed by atoms with Crippen LogP contribution in [0.5, 0.6) is 0 Å². The largest absolute Gasteiger partial charge is 0.325 e. The molecule has 0 saturated carbocycles. The molecule has 7 heteroatoms. The summed E-state index contributed by atoms with van der Waals surface area (Å²) in [4.78, 5) is 23.1. The SMILES string of the molecule is CCC(Sc1ncnc2scc(-c3ccc(C)c(C)c3)c12)C(=O)Nc1cc(Cl)ccc1C. The summed E-state index contributed by atoms with van der Waals surface area (Å²) in [5, 5.41) is 7.31. The van der Waals surface area contributed by atoms with E-state index in [4.69, 9.17) is 11.6 Å². The molecule has 1 amide bonds. The van der Waals surface area contributed by atoms with Gasteiger partial charge in [-0.1, -0.05) is 54.6 Å². The van der Waals surface area contributed by atoms with Crippen molar-refractivity contribution >= 4 is 56.5 Å². The van der Waals surface area contributed by atoms with Gasteiger partial charge < -0.3 is 5.32 Å². The number of anilines is 1. The maximum Gasteiger partial charge on any atom is 0.237 e. The first kappa shape index (κ1) is 22.8. The van der Waals surface area contributed by atoms with Crippen LogP contribution in [0.2, 0.25) is 5.02 Å². The van der Waals surface area contributed by atoms with Gasteiger partial charge in [0.25, 0.3) is 0 Å². The third-order valence-corrected chi connectivity index (χ3v) is 8.01. The lowest BCUT2D eigenvalue weighted by atomic mass is 10.0. The Labute approximate surface area is 201 Å². The lowest BCUT2D eigenvalue weighted by Crippen LogP contribution is -2.25. The Morgan fingerprint density at radius 2 is 1.88 bits per heavy atom. The van der Waals surface area contributed by atoms with Crippen LogP contribution in [0.4, 0.5) is 5.69 Å². The van der Waals surface area contributed by atoms with Crippen molar-refractivity contribution in [2.75, 3.05) is 5.32 Å². The van der Waals surface area contributed by atoms with E-state index in [2.05, 4.69) is 52.7 Å². The number of carbonyl (C=O) groups excluding carboxylic acids is 1. The fourth-order valence-corrected chi connectivity index (χ4v) is 5.64. The number of aromatic nitrogens is 2. The third kappa shape index (κ3) is 4.68. The van der Waals surface area contributed by atoms with Gasteiger partial charge in [0.2, 0.25) is 5.91 Å². The van der Waals surface area contributed by atoms with Crippen molar-refractivity contribution in [1.82, 2.24) is 9.97 Å². The van der Waals surface area contributed by atoms with Crippen LogP contribution in [0.1, 0.15) is 30.0 Å². The van der Waals surface area contributed by atoms with Gasteiger partial charge in [-0.25, -0.2) is 9.97 Å². The van der Waals surface area contributed by atoms with Crippen LogP contribution in [-0.4, -0.2) is 21.1 Å². The third-order valence-electron chi connectivity index (χ3n) is 5.53. The van der Waals surface area contributed by atoms with Gasteiger partial charge in [0.05, 0.1) is 10.6 Å². The smallest absolute Gasteiger partial charge is 0.237 e. The monoisotopic (exact) mass is 481 g/mol. The van der Waals surface area contributed by atoms with E-state index < -0.39 is 0 Å². The molecule has 0 aliphatic rings. The molecule has 4 nitrogen and oxygen atoms in total. The van der Waals surface area contributed by atoms with Crippen molar-refractivity contribution < 1.29 is 4.79 Å². The summed E-state index contributed by atoms with van der Waals surface area (Å²) >= 11 is 9.21. The van der Waals surface area contributed by atoms with Gasteiger partial charge in [-0.05, 0) is 61.6 Å². The number of thiophene rings is 1. The summed E-state index contributed by atoms with van der Waals surface area (Å²) in [5.41, 5.74) is 6.47. The summed E-state index contributed by atoms with van der Waals surface area (Å²) in [6.07, 6.45) is 2.25. The maximum absolute atomic E-state index is 13.1. The van der Waals surface area contributed by atoms with Crippen LogP contribution < -0.4 is 5.32 Å². The first-order chi connectivity index (χ1) is 15.4. The van der Waals surface area contributed by atoms with Crippen LogP contribution >= 0.6 is 34.7 Å². The standard InChI is InChI=1S/C25H24ClN3OS2/c1-5-21(23(30)29-20-11-18(26)9-7-15(20)3)32-25-22-19(12-31-24(22)27-13-28-25)17-8-6-14(2)16(4)10-17/h6-13,21H,5H2,1-4H3,(H,29,30). The van der Waals surface area contributed by atoms with Crippen molar-refractivity contribution in [2.24, 2.45) is 0 Å². The molecule has 32 heavy (non-hydrogen) atoms. The molecular formula is C25H24ClN3OS2. The van der Waals surface area contributed by atoms with Gasteiger partial charge in [-0.15, -0.1) is 11.3 Å². The number of fused-ring (bicyclic) bond motifs is 1. The number of amides is 1. The Bertz CT molecular complexity index is 1300. The van der Waals surface area contributed by atoms with Crippen molar-refractivity contribution in [3.63, 3.8) is 0 Å². The number of rotatable bonds is 6. The van der Waals surface area contributed by atoms with Crippen molar-refractivity contribution in [3.05, 3.63) is 69.8 Å². The molecule has 4 aromatic rings. The van der Waals surface area contributed by atoms with E-state index >= 15 is 0 Å². The molecule has 0 saturated heterocycles. The van der Waals surface area contributed by atoms with Gasteiger partial charge in [-0.3, -0.25) is 4.79 Å². The average molecular weight is 482 g/mol. The summed E-state index contributed by atoms with van der Waals surface area (Å²) in [6.45, 7) is 8.20. The van der Waals surface area contributed by atoms with E-state index in [1.165, 1.54) is 22.9 Å². The Morgan fingerprint density at radius 3 is 2.62 bits per heavy atom. The number of carbonyl (C=O) groups is 1. The average Bonchev–Trinajstić information content (AvgIpc) is 3.21. The summed E-state index contributed by atoms with van der Waals surface area (Å²) in [6, 6.07) is 12.0. The molecule has 0 bridgehead atoms. The topological polar surface area (TPSA) is 54.9 Å². The van der Waals surface area contributed by atoms with Crippen LogP contribution in [0.25, 0.3) is 21.3 Å². The Kier molecular flexibility index (Phi) is 6.84. The fourth-order valence-electron chi connectivity index (χ4n) is 3.46. The Morgan fingerprint density at radius 1 is 1.09 bits per heavy atom. The first-order valence-corrected chi connectivity index (χ1v) is 12.5. The van der Waals surface area contributed by atoms with E-state index in [1.807, 2.05) is 26.0 Å². The second-order valence-corrected chi connectivity index (χ2v) is 10.3. The minimum Gasteiger partial charge on any atom is -0.325 e. The highest BCUT2D eigenvalue weighted by molar-refractivity contribution is 8.00. The highest BCUT2D eigenvalue weighted by Gasteiger charge is 2.23. The molecule has 1 N–H and O–H groups in total. The van der Waals surface area contributed by atoms with E-state index in [-0.39, 0.29) is 11.2 Å². The minimum atomic E-state index is -0.293. The zero-order chi connectivity index (χ0) is 22.8. The predicted octanol–water partition coefficient (Wildman–Crippen LogP) is 7.45. The number of thioether (sulfide) groups is 1. The van der Waals surface area contributed by atoms with Gasteiger partial charge in [0.15, 0.2) is 0 Å². The molecule has 0 radical (unpaired) electrons. The Balaban J connectivity index is 1.66. The van der Waals surface area contributed by atoms with Crippen LogP contribution in [-0.2, 0) is 4.79 Å². The number of halogens is 1. The van der Waals surface area contributed by atoms with E-state index in [0.717, 1.165) is 37.6 Å². The number of nitrogens with zero attached hydrogens (tertiary/aromatic N) is 2. The van der Waals surface area contributed by atoms with Gasteiger partial charge in [0.1, 0.15) is 16.2 Å². The quantitative estimate of drug-likeness (QED) is 0.229. The van der Waals surface area contributed by atoms with Gasteiger partial charge >= 0.3 is 0 Å². The number of hydrogen-bond donors (Lipinski definition) is 1. The number of aryl methyl sites for hydroxylation is 3. The molecule has 0 fully saturated rings. The number of hydrogen-bond acceptors (Lipinski definition) is 5. The van der Waals surface area contributed by atoms with Crippen LogP contribution in [0.3, 0.4) is 0 Å². The molecule has 4 rings (SSSR count). The summed E-state index contributed by atoms with van der Waals surface area (Å²) < 4.78 is 0. The molecule has 2 aromatic carbocycles. The molecule has 0 aliphatic carbocycles. The normalized spacial score (nSPS) is 12.2. The highest BCUT2D eigenvalue weighted by Crippen LogP contribution is 2.40. The molecule has 2 heterocycles. The molecule has 2 aromatic heterocycles. The lowest BCUT2D eigenvalue weighted by molar-refractivity contribution is -0.115. The summed E-state index contributed by atoms with van der Waals surface area (Å²) in [5.74, 6) is -0.0578. The first-order valence-electron chi connectivity index (χ1n) is 10.4. The van der Waals surface area contributed by atoms with Gasteiger partial charge in [0, 0.05) is 21.7 Å². The molecular weight excluding hydrogens is 458 g/mol.